The van der Waals surface area contributed by atoms with Gasteiger partial charge in [0.1, 0.15) is 0 Å². The maximum absolute atomic E-state index is 11.9. The summed E-state index contributed by atoms with van der Waals surface area (Å²) in [6.07, 6.45) is 0.803. The molecule has 0 aliphatic rings. The van der Waals surface area contributed by atoms with Gasteiger partial charge >= 0.3 is 0 Å². The van der Waals surface area contributed by atoms with E-state index in [1.165, 1.54) is 11.8 Å². The average Bonchev–Trinajstić information content (AvgIpc) is 3.00. The van der Waals surface area contributed by atoms with Gasteiger partial charge in [-0.3, -0.25) is 4.79 Å². The van der Waals surface area contributed by atoms with Gasteiger partial charge in [-0.25, -0.2) is 0 Å². The summed E-state index contributed by atoms with van der Waals surface area (Å²) in [5.74, 6) is 1.04. The molecule has 0 radical (unpaired) electrons. The second-order valence-corrected chi connectivity index (χ2v) is 6.42. The number of hydrogen-bond donors (Lipinski definition) is 1. The molecule has 6 nitrogen and oxygen atoms in total. The molecule has 8 heteroatoms. The molecule has 0 fully saturated rings. The first-order valence-corrected chi connectivity index (χ1v) is 9.09. The Bertz CT molecular complexity index is 678. The number of rotatable bonds is 9. The zero-order valence-electron chi connectivity index (χ0n) is 13.8. The van der Waals surface area contributed by atoms with Gasteiger partial charge in [0, 0.05) is 37.4 Å². The van der Waals surface area contributed by atoms with Gasteiger partial charge in [-0.15, -0.1) is 10.2 Å². The summed E-state index contributed by atoms with van der Waals surface area (Å²) in [6.45, 7) is 3.99. The molecule has 0 aliphatic heterocycles. The van der Waals surface area contributed by atoms with Gasteiger partial charge in [0.25, 0.3) is 0 Å². The van der Waals surface area contributed by atoms with Crippen LogP contribution in [-0.4, -0.2) is 46.7 Å². The maximum Gasteiger partial charge on any atom is 0.230 e. The molecular formula is C16H21ClN4O2S. The van der Waals surface area contributed by atoms with Crippen LogP contribution in [0.1, 0.15) is 13.3 Å². The van der Waals surface area contributed by atoms with Crippen molar-refractivity contribution in [2.24, 2.45) is 0 Å². The van der Waals surface area contributed by atoms with Gasteiger partial charge < -0.3 is 14.6 Å². The van der Waals surface area contributed by atoms with Gasteiger partial charge in [-0.2, -0.15) is 0 Å². The summed E-state index contributed by atoms with van der Waals surface area (Å²) in [5, 5.41) is 12.7. The number of halogens is 1. The zero-order chi connectivity index (χ0) is 17.4. The molecule has 0 unspecified atom stereocenters. The Morgan fingerprint density at radius 2 is 2.25 bits per heavy atom. The standard InChI is InChI=1S/C16H21ClN4O2S/c1-3-21-15(12-6-4-7-13(17)10-12)19-20-16(21)24-11-14(22)18-8-5-9-23-2/h4,6-7,10H,3,5,8-9,11H2,1-2H3,(H,18,22). The second-order valence-electron chi connectivity index (χ2n) is 5.05. The van der Waals surface area contributed by atoms with Crippen LogP contribution in [-0.2, 0) is 16.1 Å². The van der Waals surface area contributed by atoms with Crippen LogP contribution in [0.4, 0.5) is 0 Å². The van der Waals surface area contributed by atoms with E-state index in [0.717, 1.165) is 23.0 Å². The molecule has 1 aromatic heterocycles. The minimum absolute atomic E-state index is 0.0222. The molecule has 0 bridgehead atoms. The van der Waals surface area contributed by atoms with Crippen molar-refractivity contribution in [3.8, 4) is 11.4 Å². The molecule has 0 spiro atoms. The molecule has 1 aromatic carbocycles. The first kappa shape index (κ1) is 18.8. The van der Waals surface area contributed by atoms with E-state index < -0.39 is 0 Å². The first-order chi connectivity index (χ1) is 11.7. The number of aromatic nitrogens is 3. The Morgan fingerprint density at radius 3 is 2.96 bits per heavy atom. The third kappa shape index (κ3) is 5.22. The molecule has 2 aromatic rings. The van der Waals surface area contributed by atoms with Crippen molar-refractivity contribution in [2.45, 2.75) is 25.0 Å². The number of hydrogen-bond acceptors (Lipinski definition) is 5. The van der Waals surface area contributed by atoms with E-state index in [0.29, 0.717) is 30.5 Å². The topological polar surface area (TPSA) is 69.0 Å². The summed E-state index contributed by atoms with van der Waals surface area (Å²) in [4.78, 5) is 11.9. The monoisotopic (exact) mass is 368 g/mol. The summed E-state index contributed by atoms with van der Waals surface area (Å²) in [5.41, 5.74) is 0.910. The second kappa shape index (κ2) is 9.66. The highest BCUT2D eigenvalue weighted by molar-refractivity contribution is 7.99. The number of amides is 1. The van der Waals surface area contributed by atoms with Crippen molar-refractivity contribution >= 4 is 29.3 Å². The third-order valence-electron chi connectivity index (χ3n) is 3.30. The van der Waals surface area contributed by atoms with E-state index in [1.54, 1.807) is 7.11 Å². The molecule has 2 rings (SSSR count). The van der Waals surface area contributed by atoms with Gasteiger partial charge in [0.05, 0.1) is 5.75 Å². The largest absolute Gasteiger partial charge is 0.385 e. The predicted octanol–water partition coefficient (Wildman–Crippen LogP) is 2.86. The van der Waals surface area contributed by atoms with E-state index in [-0.39, 0.29) is 5.91 Å². The maximum atomic E-state index is 11.9. The lowest BCUT2D eigenvalue weighted by atomic mass is 10.2. The van der Waals surface area contributed by atoms with Crippen molar-refractivity contribution in [1.29, 1.82) is 0 Å². The smallest absolute Gasteiger partial charge is 0.230 e. The van der Waals surface area contributed by atoms with Crippen LogP contribution in [0.15, 0.2) is 29.4 Å². The SMILES string of the molecule is CCn1c(SCC(=O)NCCCOC)nnc1-c1cccc(Cl)c1. The summed E-state index contributed by atoms with van der Waals surface area (Å²) < 4.78 is 6.93. The molecule has 0 aliphatic carbocycles. The van der Waals surface area contributed by atoms with Crippen molar-refractivity contribution in [2.75, 3.05) is 26.0 Å². The molecule has 130 valence electrons. The zero-order valence-corrected chi connectivity index (χ0v) is 15.4. The van der Waals surface area contributed by atoms with Gasteiger partial charge in [-0.05, 0) is 25.5 Å². The number of carbonyl (C=O) groups is 1. The lowest BCUT2D eigenvalue weighted by molar-refractivity contribution is -0.118. The molecule has 1 heterocycles. The average molecular weight is 369 g/mol. The first-order valence-electron chi connectivity index (χ1n) is 7.73. The summed E-state index contributed by atoms with van der Waals surface area (Å²) >= 11 is 7.42. The van der Waals surface area contributed by atoms with Crippen LogP contribution in [0.3, 0.4) is 0 Å². The van der Waals surface area contributed by atoms with Crippen molar-refractivity contribution in [3.05, 3.63) is 29.3 Å². The van der Waals surface area contributed by atoms with E-state index in [1.807, 2.05) is 35.8 Å². The number of nitrogens with zero attached hydrogens (tertiary/aromatic N) is 3. The number of benzene rings is 1. The van der Waals surface area contributed by atoms with Crippen LogP contribution in [0.2, 0.25) is 5.02 Å². The Kier molecular flexibility index (Phi) is 7.55. The van der Waals surface area contributed by atoms with Crippen LogP contribution in [0.25, 0.3) is 11.4 Å². The molecule has 0 atom stereocenters. The normalized spacial score (nSPS) is 10.8. The summed E-state index contributed by atoms with van der Waals surface area (Å²) in [7, 11) is 1.65. The number of carbonyl (C=O) groups excluding carboxylic acids is 1. The number of nitrogens with one attached hydrogen (secondary N) is 1. The predicted molar refractivity (Wildman–Crippen MR) is 96.4 cm³/mol. The number of ether oxygens (including phenoxy) is 1. The quantitative estimate of drug-likeness (QED) is 0.544. The van der Waals surface area contributed by atoms with Crippen LogP contribution < -0.4 is 5.32 Å². The Hall–Kier alpha value is -1.57. The molecule has 0 saturated carbocycles. The van der Waals surface area contributed by atoms with E-state index in [4.69, 9.17) is 16.3 Å². The van der Waals surface area contributed by atoms with Crippen molar-refractivity contribution in [3.63, 3.8) is 0 Å². The molecule has 24 heavy (non-hydrogen) atoms. The molecule has 0 saturated heterocycles. The Morgan fingerprint density at radius 1 is 1.42 bits per heavy atom. The van der Waals surface area contributed by atoms with Gasteiger partial charge in [0.2, 0.25) is 5.91 Å². The fourth-order valence-electron chi connectivity index (χ4n) is 2.15. The molecular weight excluding hydrogens is 348 g/mol. The van der Waals surface area contributed by atoms with E-state index in [2.05, 4.69) is 15.5 Å². The van der Waals surface area contributed by atoms with Crippen molar-refractivity contribution < 1.29 is 9.53 Å². The highest BCUT2D eigenvalue weighted by Gasteiger charge is 2.14. The van der Waals surface area contributed by atoms with Gasteiger partial charge in [-0.1, -0.05) is 35.5 Å². The van der Waals surface area contributed by atoms with Crippen LogP contribution in [0, 0.1) is 0 Å². The van der Waals surface area contributed by atoms with Gasteiger partial charge in [0.15, 0.2) is 11.0 Å². The van der Waals surface area contributed by atoms with E-state index >= 15 is 0 Å². The Labute approximate surface area is 150 Å². The van der Waals surface area contributed by atoms with Crippen LogP contribution >= 0.6 is 23.4 Å². The highest BCUT2D eigenvalue weighted by atomic mass is 35.5. The minimum Gasteiger partial charge on any atom is -0.385 e. The van der Waals surface area contributed by atoms with Crippen LogP contribution in [0.5, 0.6) is 0 Å². The molecule has 1 N–H and O–H groups in total. The number of methoxy groups -OCH3 is 1. The highest BCUT2D eigenvalue weighted by Crippen LogP contribution is 2.25. The lowest BCUT2D eigenvalue weighted by Gasteiger charge is -2.08. The molecule has 1 amide bonds. The Balaban J connectivity index is 1.98. The lowest BCUT2D eigenvalue weighted by Crippen LogP contribution is -2.27. The van der Waals surface area contributed by atoms with Crippen molar-refractivity contribution in [1.82, 2.24) is 20.1 Å². The fourth-order valence-corrected chi connectivity index (χ4v) is 3.17. The van der Waals surface area contributed by atoms with E-state index in [9.17, 15) is 4.79 Å². The minimum atomic E-state index is -0.0222. The summed E-state index contributed by atoms with van der Waals surface area (Å²) in [6, 6.07) is 7.50. The third-order valence-corrected chi connectivity index (χ3v) is 4.50. The number of thioether (sulfide) groups is 1. The fraction of sp³-hybridized carbons (Fsp3) is 0.438.